The van der Waals surface area contributed by atoms with Gasteiger partial charge in [0.2, 0.25) is 0 Å². The number of thiazole rings is 1. The summed E-state index contributed by atoms with van der Waals surface area (Å²) in [7, 11) is 0. The number of ether oxygens (including phenoxy) is 1. The first-order chi connectivity index (χ1) is 16.6. The number of aromatic hydroxyl groups is 1. The molecule has 1 aliphatic heterocycles. The lowest BCUT2D eigenvalue weighted by Crippen LogP contribution is -2.29. The van der Waals surface area contributed by atoms with Gasteiger partial charge in [0.1, 0.15) is 16.4 Å². The van der Waals surface area contributed by atoms with E-state index in [9.17, 15) is 24.6 Å². The van der Waals surface area contributed by atoms with Crippen LogP contribution in [0.3, 0.4) is 0 Å². The van der Waals surface area contributed by atoms with E-state index in [1.54, 1.807) is 39.0 Å². The third kappa shape index (κ3) is 4.30. The van der Waals surface area contributed by atoms with E-state index < -0.39 is 23.7 Å². The fourth-order valence-corrected chi connectivity index (χ4v) is 5.00. The minimum Gasteiger partial charge on any atom is -0.508 e. The molecule has 2 heterocycles. The maximum absolute atomic E-state index is 13.3. The molecule has 3 aromatic rings. The number of Topliss-reactive ketones (excluding diaryl/α,β-unsaturated/α-hetero) is 1. The van der Waals surface area contributed by atoms with E-state index in [1.807, 2.05) is 19.1 Å². The monoisotopic (exact) mass is 492 g/mol. The van der Waals surface area contributed by atoms with Crippen LogP contribution in [0.5, 0.6) is 5.75 Å². The molecule has 2 aromatic carbocycles. The summed E-state index contributed by atoms with van der Waals surface area (Å²) < 4.78 is 5.08. The van der Waals surface area contributed by atoms with Gasteiger partial charge in [0, 0.05) is 5.56 Å². The number of aryl methyl sites for hydroxylation is 3. The fraction of sp³-hybridized carbons (Fsp3) is 0.231. The highest BCUT2D eigenvalue weighted by Gasteiger charge is 2.48. The number of ketones is 1. The Balaban J connectivity index is 1.94. The van der Waals surface area contributed by atoms with Crippen molar-refractivity contribution in [3.8, 4) is 5.75 Å². The van der Waals surface area contributed by atoms with Gasteiger partial charge >= 0.3 is 11.9 Å². The van der Waals surface area contributed by atoms with Gasteiger partial charge < -0.3 is 14.9 Å². The first-order valence-corrected chi connectivity index (χ1v) is 11.8. The van der Waals surface area contributed by atoms with Gasteiger partial charge in [-0.1, -0.05) is 41.2 Å². The van der Waals surface area contributed by atoms with Crippen LogP contribution in [0.15, 0.2) is 48.0 Å². The first kappa shape index (κ1) is 24.2. The van der Waals surface area contributed by atoms with Crippen LogP contribution < -0.4 is 4.90 Å². The Bertz CT molecular complexity index is 1370. The Morgan fingerprint density at radius 1 is 1.11 bits per heavy atom. The molecule has 180 valence electrons. The van der Waals surface area contributed by atoms with Crippen LogP contribution in [-0.4, -0.2) is 39.5 Å². The van der Waals surface area contributed by atoms with E-state index in [4.69, 9.17) is 4.74 Å². The molecule has 1 aromatic heterocycles. The van der Waals surface area contributed by atoms with Crippen LogP contribution >= 0.6 is 11.3 Å². The summed E-state index contributed by atoms with van der Waals surface area (Å²) in [4.78, 5) is 44.8. The molecule has 9 heteroatoms. The number of rotatable bonds is 5. The highest BCUT2D eigenvalue weighted by atomic mass is 32.1. The molecule has 4 rings (SSSR count). The van der Waals surface area contributed by atoms with Crippen LogP contribution in [-0.2, 0) is 14.3 Å². The van der Waals surface area contributed by atoms with E-state index in [2.05, 4.69) is 4.98 Å². The summed E-state index contributed by atoms with van der Waals surface area (Å²) >= 11 is 0.941. The molecule has 0 aliphatic carbocycles. The van der Waals surface area contributed by atoms with E-state index in [0.717, 1.165) is 22.5 Å². The van der Waals surface area contributed by atoms with Gasteiger partial charge in [0.05, 0.1) is 23.9 Å². The molecule has 0 bridgehead atoms. The molecule has 1 aliphatic rings. The number of amides is 1. The van der Waals surface area contributed by atoms with Crippen molar-refractivity contribution in [2.45, 2.75) is 33.7 Å². The Morgan fingerprint density at radius 2 is 1.80 bits per heavy atom. The number of esters is 1. The normalized spacial score (nSPS) is 17.1. The van der Waals surface area contributed by atoms with Gasteiger partial charge in [-0.15, -0.1) is 0 Å². The number of anilines is 1. The van der Waals surface area contributed by atoms with E-state index in [-0.39, 0.29) is 33.7 Å². The molecule has 1 unspecified atom stereocenters. The Morgan fingerprint density at radius 3 is 2.46 bits per heavy atom. The molecular formula is C26H24N2O6S. The highest BCUT2D eigenvalue weighted by Crippen LogP contribution is 2.44. The molecule has 8 nitrogen and oxygen atoms in total. The van der Waals surface area contributed by atoms with Crippen LogP contribution in [0.25, 0.3) is 5.76 Å². The SMILES string of the molecule is CCOC(=O)c1sc(N2C(=O)C(=O)C(=C(O)c3cc(C)ccc3C)C2c2ccc(O)cc2)nc1C. The molecule has 1 amide bonds. The van der Waals surface area contributed by atoms with E-state index in [1.165, 1.54) is 17.0 Å². The summed E-state index contributed by atoms with van der Waals surface area (Å²) in [6.45, 7) is 7.15. The number of phenolic OH excluding ortho intramolecular Hbond substituents is 1. The maximum Gasteiger partial charge on any atom is 0.350 e. The Hall–Kier alpha value is -3.98. The molecule has 35 heavy (non-hydrogen) atoms. The van der Waals surface area contributed by atoms with Gasteiger partial charge in [-0.25, -0.2) is 9.78 Å². The predicted octanol–water partition coefficient (Wildman–Crippen LogP) is 4.58. The lowest BCUT2D eigenvalue weighted by Gasteiger charge is -2.23. The first-order valence-electron chi connectivity index (χ1n) is 11.0. The Kier molecular flexibility index (Phi) is 6.45. The summed E-state index contributed by atoms with van der Waals surface area (Å²) in [5.41, 5.74) is 2.80. The zero-order chi connectivity index (χ0) is 25.4. The van der Waals surface area contributed by atoms with Crippen molar-refractivity contribution in [3.05, 3.63) is 80.9 Å². The standard InChI is InChI=1S/C26H24N2O6S/c1-5-34-25(33)23-15(4)27-26(35-23)28-20(16-8-10-17(29)11-9-16)19(22(31)24(28)32)21(30)18-12-13(2)6-7-14(18)3/h6-12,20,29-30H,5H2,1-4H3. The third-order valence-corrected chi connectivity index (χ3v) is 6.89. The lowest BCUT2D eigenvalue weighted by molar-refractivity contribution is -0.132. The molecule has 0 saturated carbocycles. The molecular weight excluding hydrogens is 468 g/mol. The van der Waals surface area contributed by atoms with Crippen molar-refractivity contribution in [3.63, 3.8) is 0 Å². The average molecular weight is 493 g/mol. The molecule has 0 spiro atoms. The van der Waals surface area contributed by atoms with Gasteiger partial charge in [-0.2, -0.15) is 0 Å². The summed E-state index contributed by atoms with van der Waals surface area (Å²) in [5, 5.41) is 21.2. The van der Waals surface area contributed by atoms with Crippen molar-refractivity contribution in [1.82, 2.24) is 4.98 Å². The second-order valence-electron chi connectivity index (χ2n) is 8.21. The number of aliphatic hydroxyl groups is 1. The number of aliphatic hydroxyl groups excluding tert-OH is 1. The average Bonchev–Trinajstić information content (AvgIpc) is 3.33. The number of hydrogen-bond acceptors (Lipinski definition) is 8. The number of carbonyl (C=O) groups is 3. The van der Waals surface area contributed by atoms with Crippen LogP contribution in [0.4, 0.5) is 5.13 Å². The molecule has 1 fully saturated rings. The third-order valence-electron chi connectivity index (χ3n) is 5.75. The topological polar surface area (TPSA) is 117 Å². The van der Waals surface area contributed by atoms with Crippen molar-refractivity contribution in [2.75, 3.05) is 11.5 Å². The highest BCUT2D eigenvalue weighted by molar-refractivity contribution is 7.17. The van der Waals surface area contributed by atoms with Crippen molar-refractivity contribution < 1.29 is 29.3 Å². The molecule has 1 atom stereocenters. The van der Waals surface area contributed by atoms with Gasteiger partial charge in [0.15, 0.2) is 5.13 Å². The minimum atomic E-state index is -1.02. The quantitative estimate of drug-likeness (QED) is 0.232. The summed E-state index contributed by atoms with van der Waals surface area (Å²) in [6, 6.07) is 10.5. The van der Waals surface area contributed by atoms with E-state index >= 15 is 0 Å². The Labute approximate surface area is 206 Å². The zero-order valence-electron chi connectivity index (χ0n) is 19.7. The van der Waals surface area contributed by atoms with Crippen LogP contribution in [0.1, 0.15) is 50.6 Å². The lowest BCUT2D eigenvalue weighted by atomic mass is 9.93. The van der Waals surface area contributed by atoms with Gasteiger partial charge in [-0.05, 0) is 57.0 Å². The van der Waals surface area contributed by atoms with Crippen molar-refractivity contribution in [1.29, 1.82) is 0 Å². The zero-order valence-corrected chi connectivity index (χ0v) is 20.5. The van der Waals surface area contributed by atoms with Crippen molar-refractivity contribution >= 4 is 39.9 Å². The summed E-state index contributed by atoms with van der Waals surface area (Å²) in [5.74, 6) is -2.60. The maximum atomic E-state index is 13.3. The number of nitrogens with zero attached hydrogens (tertiary/aromatic N) is 2. The number of phenols is 1. The fourth-order valence-electron chi connectivity index (χ4n) is 4.01. The number of benzene rings is 2. The predicted molar refractivity (Wildman–Crippen MR) is 132 cm³/mol. The molecule has 2 N–H and O–H groups in total. The minimum absolute atomic E-state index is 0.00919. The van der Waals surface area contributed by atoms with Crippen molar-refractivity contribution in [2.24, 2.45) is 0 Å². The number of hydrogen-bond donors (Lipinski definition) is 2. The second kappa shape index (κ2) is 9.34. The smallest absolute Gasteiger partial charge is 0.350 e. The van der Waals surface area contributed by atoms with E-state index in [0.29, 0.717) is 16.8 Å². The number of aromatic nitrogens is 1. The second-order valence-corrected chi connectivity index (χ2v) is 9.19. The van der Waals surface area contributed by atoms with Gasteiger partial charge in [-0.3, -0.25) is 14.5 Å². The summed E-state index contributed by atoms with van der Waals surface area (Å²) in [6.07, 6.45) is 0. The van der Waals surface area contributed by atoms with Gasteiger partial charge in [0.25, 0.3) is 5.78 Å². The molecule has 1 saturated heterocycles. The number of carbonyl (C=O) groups excluding carboxylic acids is 3. The largest absolute Gasteiger partial charge is 0.508 e. The van der Waals surface area contributed by atoms with Crippen LogP contribution in [0.2, 0.25) is 0 Å². The molecule has 0 radical (unpaired) electrons. The van der Waals surface area contributed by atoms with Crippen LogP contribution in [0, 0.1) is 20.8 Å².